The van der Waals surface area contributed by atoms with Gasteiger partial charge in [0, 0.05) is 11.2 Å². The molecule has 1 N–H and O–H groups in total. The van der Waals surface area contributed by atoms with Gasteiger partial charge in [0.2, 0.25) is 0 Å². The van der Waals surface area contributed by atoms with Gasteiger partial charge in [-0.3, -0.25) is 4.79 Å². The van der Waals surface area contributed by atoms with Crippen LogP contribution in [-0.4, -0.2) is 15.0 Å². The molecule has 0 aliphatic heterocycles. The van der Waals surface area contributed by atoms with Crippen LogP contribution in [0.3, 0.4) is 0 Å². The van der Waals surface area contributed by atoms with E-state index in [4.69, 9.17) is 11.6 Å². The Hall–Kier alpha value is -2.46. The molecule has 0 radical (unpaired) electrons. The maximum Gasteiger partial charge on any atom is 0.260 e. The Morgan fingerprint density at radius 1 is 1.10 bits per heavy atom. The summed E-state index contributed by atoms with van der Waals surface area (Å²) in [6.07, 6.45) is 5.20. The summed E-state index contributed by atoms with van der Waals surface area (Å²) < 4.78 is 0. The minimum Gasteiger partial charge on any atom is -0.306 e. The van der Waals surface area contributed by atoms with E-state index in [1.165, 1.54) is 0 Å². The van der Waals surface area contributed by atoms with Gasteiger partial charge in [-0.2, -0.15) is 0 Å². The first-order valence-corrected chi connectivity index (χ1v) is 6.39. The van der Waals surface area contributed by atoms with Crippen LogP contribution in [0.5, 0.6) is 0 Å². The molecule has 4 nitrogen and oxygen atoms in total. The van der Waals surface area contributed by atoms with Crippen molar-refractivity contribution >= 4 is 34.8 Å². The zero-order valence-corrected chi connectivity index (χ0v) is 11.1. The molecule has 0 saturated heterocycles. The minimum atomic E-state index is -0.196. The topological polar surface area (TPSA) is 58.6 Å². The summed E-state index contributed by atoms with van der Waals surface area (Å²) in [6, 6.07) is 10.8. The monoisotopic (exact) mass is 283 g/mol. The van der Waals surface area contributed by atoms with E-state index in [-0.39, 0.29) is 5.56 Å². The Kier molecular flexibility index (Phi) is 3.31. The normalized spacial score (nSPS) is 11.2. The average Bonchev–Trinajstić information content (AvgIpc) is 2.47. The highest BCUT2D eigenvalue weighted by atomic mass is 35.5. The summed E-state index contributed by atoms with van der Waals surface area (Å²) in [5, 5.41) is 1.17. The third-order valence-electron chi connectivity index (χ3n) is 2.80. The van der Waals surface area contributed by atoms with E-state index in [1.807, 2.05) is 18.2 Å². The molecule has 20 heavy (non-hydrogen) atoms. The second kappa shape index (κ2) is 5.27. The number of halogens is 1. The van der Waals surface area contributed by atoms with Crippen LogP contribution in [0.15, 0.2) is 47.4 Å². The number of aromatic amines is 1. The van der Waals surface area contributed by atoms with Gasteiger partial charge < -0.3 is 4.98 Å². The van der Waals surface area contributed by atoms with Gasteiger partial charge in [-0.1, -0.05) is 29.8 Å². The van der Waals surface area contributed by atoms with Crippen LogP contribution < -0.4 is 5.56 Å². The van der Waals surface area contributed by atoms with Crippen molar-refractivity contribution in [1.82, 2.24) is 15.0 Å². The van der Waals surface area contributed by atoms with Gasteiger partial charge in [0.05, 0.1) is 5.39 Å². The van der Waals surface area contributed by atoms with Gasteiger partial charge in [-0.25, -0.2) is 9.97 Å². The van der Waals surface area contributed by atoms with Gasteiger partial charge in [-0.05, 0) is 35.9 Å². The predicted octanol–water partition coefficient (Wildman–Crippen LogP) is 3.14. The fraction of sp³-hybridized carbons (Fsp3) is 0. The van der Waals surface area contributed by atoms with Crippen molar-refractivity contribution in [2.75, 3.05) is 0 Å². The quantitative estimate of drug-likeness (QED) is 0.786. The molecule has 3 rings (SSSR count). The standard InChI is InChI=1S/C15H10ClN3O/c16-11-6-3-10(4-7-11)5-8-13-18-14-12(15(20)19-13)2-1-9-17-14/h1-9H,(H,17,18,19,20)/b8-5+. The van der Waals surface area contributed by atoms with E-state index < -0.39 is 0 Å². The van der Waals surface area contributed by atoms with Gasteiger partial charge in [0.1, 0.15) is 5.82 Å². The van der Waals surface area contributed by atoms with Crippen LogP contribution in [0.4, 0.5) is 0 Å². The molecule has 0 saturated carbocycles. The number of aromatic nitrogens is 3. The van der Waals surface area contributed by atoms with Gasteiger partial charge in [0.15, 0.2) is 5.65 Å². The highest BCUT2D eigenvalue weighted by Crippen LogP contribution is 2.11. The maximum atomic E-state index is 11.9. The lowest BCUT2D eigenvalue weighted by molar-refractivity contribution is 1.11. The smallest absolute Gasteiger partial charge is 0.260 e. The van der Waals surface area contributed by atoms with E-state index >= 15 is 0 Å². The molecule has 3 aromatic rings. The highest BCUT2D eigenvalue weighted by molar-refractivity contribution is 6.30. The Morgan fingerprint density at radius 2 is 1.90 bits per heavy atom. The van der Waals surface area contributed by atoms with Crippen molar-refractivity contribution in [1.29, 1.82) is 0 Å². The molecule has 1 aromatic carbocycles. The number of nitrogens with zero attached hydrogens (tertiary/aromatic N) is 2. The Labute approximate surface area is 119 Å². The molecule has 0 aliphatic rings. The summed E-state index contributed by atoms with van der Waals surface area (Å²) in [5.74, 6) is 0.469. The van der Waals surface area contributed by atoms with Crippen LogP contribution in [0.1, 0.15) is 11.4 Å². The zero-order chi connectivity index (χ0) is 13.9. The van der Waals surface area contributed by atoms with E-state index in [1.54, 1.807) is 36.5 Å². The summed E-state index contributed by atoms with van der Waals surface area (Å²) in [4.78, 5) is 23.0. The lowest BCUT2D eigenvalue weighted by Gasteiger charge is -1.98. The van der Waals surface area contributed by atoms with E-state index in [0.29, 0.717) is 21.9 Å². The van der Waals surface area contributed by atoms with Gasteiger partial charge in [-0.15, -0.1) is 0 Å². The molecule has 2 aromatic heterocycles. The van der Waals surface area contributed by atoms with Crippen LogP contribution >= 0.6 is 11.6 Å². The molecular weight excluding hydrogens is 274 g/mol. The fourth-order valence-corrected chi connectivity index (χ4v) is 1.94. The average molecular weight is 284 g/mol. The number of hydrogen-bond acceptors (Lipinski definition) is 3. The summed E-state index contributed by atoms with van der Waals surface area (Å²) >= 11 is 5.82. The first kappa shape index (κ1) is 12.6. The lowest BCUT2D eigenvalue weighted by atomic mass is 10.2. The molecule has 0 amide bonds. The SMILES string of the molecule is O=c1[nH]c(/C=C/c2ccc(Cl)cc2)nc2ncccc12. The minimum absolute atomic E-state index is 0.196. The first-order chi connectivity index (χ1) is 9.72. The fourth-order valence-electron chi connectivity index (χ4n) is 1.82. The molecule has 0 bridgehead atoms. The summed E-state index contributed by atoms with van der Waals surface area (Å²) in [6.45, 7) is 0. The molecule has 0 unspecified atom stereocenters. The number of hydrogen-bond donors (Lipinski definition) is 1. The molecule has 0 fully saturated rings. The van der Waals surface area contributed by atoms with E-state index in [9.17, 15) is 4.79 Å². The molecule has 2 heterocycles. The summed E-state index contributed by atoms with van der Waals surface area (Å²) in [7, 11) is 0. The second-order valence-electron chi connectivity index (χ2n) is 4.21. The number of fused-ring (bicyclic) bond motifs is 1. The Balaban J connectivity index is 1.98. The first-order valence-electron chi connectivity index (χ1n) is 6.01. The molecule has 98 valence electrons. The summed E-state index contributed by atoms with van der Waals surface area (Å²) in [5.41, 5.74) is 1.21. The van der Waals surface area contributed by atoms with E-state index in [2.05, 4.69) is 15.0 Å². The van der Waals surface area contributed by atoms with Crippen LogP contribution in [0.25, 0.3) is 23.2 Å². The Morgan fingerprint density at radius 3 is 2.70 bits per heavy atom. The number of benzene rings is 1. The number of H-pyrrole nitrogens is 1. The van der Waals surface area contributed by atoms with Gasteiger partial charge >= 0.3 is 0 Å². The van der Waals surface area contributed by atoms with Crippen molar-refractivity contribution in [2.24, 2.45) is 0 Å². The van der Waals surface area contributed by atoms with Crippen molar-refractivity contribution < 1.29 is 0 Å². The lowest BCUT2D eigenvalue weighted by Crippen LogP contribution is -2.10. The predicted molar refractivity (Wildman–Crippen MR) is 80.5 cm³/mol. The van der Waals surface area contributed by atoms with Crippen molar-refractivity contribution in [3.05, 3.63) is 69.4 Å². The molecule has 0 aliphatic carbocycles. The van der Waals surface area contributed by atoms with Crippen LogP contribution in [0.2, 0.25) is 5.02 Å². The number of pyridine rings is 1. The van der Waals surface area contributed by atoms with E-state index in [0.717, 1.165) is 5.56 Å². The van der Waals surface area contributed by atoms with Crippen molar-refractivity contribution in [3.63, 3.8) is 0 Å². The number of nitrogens with one attached hydrogen (secondary N) is 1. The second-order valence-corrected chi connectivity index (χ2v) is 4.65. The Bertz CT molecular complexity index is 838. The maximum absolute atomic E-state index is 11.9. The zero-order valence-electron chi connectivity index (χ0n) is 10.4. The third kappa shape index (κ3) is 2.60. The highest BCUT2D eigenvalue weighted by Gasteiger charge is 2.01. The van der Waals surface area contributed by atoms with Crippen LogP contribution in [-0.2, 0) is 0 Å². The molecule has 5 heteroatoms. The molecule has 0 atom stereocenters. The van der Waals surface area contributed by atoms with Crippen molar-refractivity contribution in [2.45, 2.75) is 0 Å². The van der Waals surface area contributed by atoms with Crippen LogP contribution in [0, 0.1) is 0 Å². The number of rotatable bonds is 2. The largest absolute Gasteiger partial charge is 0.306 e. The third-order valence-corrected chi connectivity index (χ3v) is 3.05. The van der Waals surface area contributed by atoms with Gasteiger partial charge in [0.25, 0.3) is 5.56 Å². The van der Waals surface area contributed by atoms with Crippen molar-refractivity contribution in [3.8, 4) is 0 Å². The molecular formula is C15H10ClN3O. The molecule has 0 spiro atoms.